The number of aliphatic hydroxyl groups is 1. The van der Waals surface area contributed by atoms with Crippen LogP contribution in [0, 0.1) is 13.8 Å². The molecule has 4 heterocycles. The summed E-state index contributed by atoms with van der Waals surface area (Å²) in [6.07, 6.45) is 4.04. The predicted octanol–water partition coefficient (Wildman–Crippen LogP) is 4.81. The van der Waals surface area contributed by atoms with Gasteiger partial charge >= 0.3 is 0 Å². The highest BCUT2D eigenvalue weighted by Crippen LogP contribution is 2.39. The molecule has 1 amide bonds. The molecule has 3 saturated heterocycles. The van der Waals surface area contributed by atoms with Crippen molar-refractivity contribution in [2.45, 2.75) is 103 Å². The molecule has 2 aromatic rings. The Morgan fingerprint density at radius 1 is 1.20 bits per heavy atom. The van der Waals surface area contributed by atoms with E-state index in [1.165, 1.54) is 5.56 Å². The smallest absolute Gasteiger partial charge is 0.254 e. The third-order valence-corrected chi connectivity index (χ3v) is 9.45. The minimum Gasteiger partial charge on any atom is -0.378 e. The molecule has 0 bridgehead atoms. The number of carbonyl (C=O) groups excluding carboxylic acids is 1. The number of halogens is 1. The van der Waals surface area contributed by atoms with E-state index in [0.29, 0.717) is 17.4 Å². The molecule has 3 aliphatic heterocycles. The van der Waals surface area contributed by atoms with Crippen LogP contribution in [-0.2, 0) is 11.3 Å². The zero-order chi connectivity index (χ0) is 28.6. The highest BCUT2D eigenvalue weighted by Gasteiger charge is 2.52. The first-order chi connectivity index (χ1) is 19.1. The number of nitrogens with zero attached hydrogens (tertiary/aromatic N) is 4. The number of benzene rings is 1. The minimum atomic E-state index is -0.428. The lowest BCUT2D eigenvalue weighted by atomic mass is 10.00. The van der Waals surface area contributed by atoms with Crippen molar-refractivity contribution < 1.29 is 14.6 Å². The number of rotatable bonds is 9. The number of epoxide rings is 1. The highest BCUT2D eigenvalue weighted by atomic mass is 35.5. The molecule has 40 heavy (non-hydrogen) atoms. The van der Waals surface area contributed by atoms with Gasteiger partial charge in [0.25, 0.3) is 5.91 Å². The van der Waals surface area contributed by atoms with Gasteiger partial charge in [0.1, 0.15) is 18.1 Å². The van der Waals surface area contributed by atoms with Crippen molar-refractivity contribution in [3.8, 4) is 0 Å². The summed E-state index contributed by atoms with van der Waals surface area (Å²) in [5.74, 6) is 0.656. The van der Waals surface area contributed by atoms with Crippen molar-refractivity contribution in [1.82, 2.24) is 19.7 Å². The molecule has 1 aromatic heterocycles. The SMILES string of the molecule is CCC(C)N(C)C(=O)c1cc(C)nc(NC2OC2[C@H]2CCC(O)N2C2CCN(Cc3ccc(Cl)c(C)c3)CC2)c1. The van der Waals surface area contributed by atoms with Crippen LogP contribution in [0.4, 0.5) is 5.82 Å². The van der Waals surface area contributed by atoms with E-state index in [-0.39, 0.29) is 30.3 Å². The van der Waals surface area contributed by atoms with Crippen LogP contribution in [0.3, 0.4) is 0 Å². The molecule has 3 aliphatic rings. The number of carbonyl (C=O) groups is 1. The fraction of sp³-hybridized carbons (Fsp3) is 0.613. The van der Waals surface area contributed by atoms with Crippen LogP contribution >= 0.6 is 11.6 Å². The molecule has 8 nitrogen and oxygen atoms in total. The predicted molar refractivity (Wildman–Crippen MR) is 158 cm³/mol. The van der Waals surface area contributed by atoms with Crippen LogP contribution in [0.15, 0.2) is 30.3 Å². The summed E-state index contributed by atoms with van der Waals surface area (Å²) >= 11 is 6.21. The molecule has 5 atom stereocenters. The van der Waals surface area contributed by atoms with Gasteiger partial charge in [-0.2, -0.15) is 0 Å². The molecule has 4 unspecified atom stereocenters. The maximum atomic E-state index is 13.0. The number of aryl methyl sites for hydroxylation is 2. The second kappa shape index (κ2) is 12.3. The Balaban J connectivity index is 1.17. The second-order valence-electron chi connectivity index (χ2n) is 11.9. The first-order valence-corrected chi connectivity index (χ1v) is 15.1. The molecule has 9 heteroatoms. The number of likely N-dealkylation sites (tertiary alicyclic amines) is 2. The molecule has 5 rings (SSSR count). The Hall–Kier alpha value is -2.23. The first-order valence-electron chi connectivity index (χ1n) is 14.7. The summed E-state index contributed by atoms with van der Waals surface area (Å²) in [7, 11) is 1.85. The summed E-state index contributed by atoms with van der Waals surface area (Å²) < 4.78 is 6.12. The van der Waals surface area contributed by atoms with Crippen LogP contribution in [0.2, 0.25) is 5.02 Å². The molecule has 0 aliphatic carbocycles. The average molecular weight is 570 g/mol. The van der Waals surface area contributed by atoms with Gasteiger partial charge in [-0.05, 0) is 95.3 Å². The van der Waals surface area contributed by atoms with Crippen LogP contribution in [-0.4, -0.2) is 87.5 Å². The maximum absolute atomic E-state index is 13.0. The summed E-state index contributed by atoms with van der Waals surface area (Å²) in [6.45, 7) is 11.0. The van der Waals surface area contributed by atoms with Crippen molar-refractivity contribution in [1.29, 1.82) is 0 Å². The molecule has 0 radical (unpaired) electrons. The van der Waals surface area contributed by atoms with E-state index in [1.807, 2.05) is 32.2 Å². The largest absolute Gasteiger partial charge is 0.378 e. The average Bonchev–Trinajstić information content (AvgIpc) is 3.59. The standard InChI is InChI=1S/C31H44ClN5O3/c1-6-21(4)35(5)31(39)23-16-20(3)33-27(17-23)34-30-29(40-30)26-9-10-28(38)37(26)24-11-13-36(14-12-24)18-22-7-8-25(32)19(2)15-22/h7-8,15-17,21,24,26,28-30,38H,6,9-14,18H2,1-5H3,(H,33,34)/t21?,26-,28?,29?,30?/m1/s1. The van der Waals surface area contributed by atoms with Gasteiger partial charge in [-0.25, -0.2) is 4.98 Å². The van der Waals surface area contributed by atoms with E-state index >= 15 is 0 Å². The van der Waals surface area contributed by atoms with E-state index in [4.69, 9.17) is 16.3 Å². The Morgan fingerprint density at radius 3 is 2.65 bits per heavy atom. The van der Waals surface area contributed by atoms with E-state index in [1.54, 1.807) is 4.90 Å². The van der Waals surface area contributed by atoms with Crippen molar-refractivity contribution in [3.05, 3.63) is 57.7 Å². The second-order valence-corrected chi connectivity index (χ2v) is 12.3. The minimum absolute atomic E-state index is 0.00112. The lowest BCUT2D eigenvalue weighted by Crippen LogP contribution is -2.51. The Bertz CT molecular complexity index is 1200. The molecule has 2 N–H and O–H groups in total. The van der Waals surface area contributed by atoms with Gasteiger partial charge in [-0.15, -0.1) is 0 Å². The topological polar surface area (TPSA) is 84.5 Å². The van der Waals surface area contributed by atoms with Crippen LogP contribution in [0.5, 0.6) is 0 Å². The fourth-order valence-electron chi connectivity index (χ4n) is 6.35. The van der Waals surface area contributed by atoms with Crippen molar-refractivity contribution in [2.75, 3.05) is 25.5 Å². The van der Waals surface area contributed by atoms with E-state index in [0.717, 1.165) is 68.0 Å². The molecule has 3 fully saturated rings. The molecular formula is C31H44ClN5O3. The van der Waals surface area contributed by atoms with Crippen molar-refractivity contribution in [2.24, 2.45) is 0 Å². The van der Waals surface area contributed by atoms with Crippen LogP contribution in [0.25, 0.3) is 0 Å². The number of piperidine rings is 1. The van der Waals surface area contributed by atoms with Gasteiger partial charge < -0.3 is 20.1 Å². The van der Waals surface area contributed by atoms with Crippen LogP contribution in [0.1, 0.15) is 73.1 Å². The van der Waals surface area contributed by atoms with Gasteiger partial charge in [0, 0.05) is 48.0 Å². The van der Waals surface area contributed by atoms with Crippen molar-refractivity contribution >= 4 is 23.3 Å². The zero-order valence-electron chi connectivity index (χ0n) is 24.4. The lowest BCUT2D eigenvalue weighted by molar-refractivity contribution is -0.0373. The normalized spacial score (nSPS) is 26.6. The third-order valence-electron chi connectivity index (χ3n) is 9.02. The first kappa shape index (κ1) is 29.3. The third kappa shape index (κ3) is 6.47. The van der Waals surface area contributed by atoms with Gasteiger partial charge in [0.15, 0.2) is 6.23 Å². The zero-order valence-corrected chi connectivity index (χ0v) is 25.2. The number of aliphatic hydroxyl groups excluding tert-OH is 1. The van der Waals surface area contributed by atoms with Crippen molar-refractivity contribution in [3.63, 3.8) is 0 Å². The molecular weight excluding hydrogens is 526 g/mol. The quantitative estimate of drug-likeness (QED) is 0.419. The summed E-state index contributed by atoms with van der Waals surface area (Å²) in [6, 6.07) is 10.6. The number of anilines is 1. The monoisotopic (exact) mass is 569 g/mol. The van der Waals surface area contributed by atoms with Gasteiger partial charge in [0.2, 0.25) is 0 Å². The van der Waals surface area contributed by atoms with Crippen LogP contribution < -0.4 is 5.32 Å². The van der Waals surface area contributed by atoms with Gasteiger partial charge in [-0.3, -0.25) is 14.6 Å². The number of hydrogen-bond acceptors (Lipinski definition) is 7. The number of amides is 1. The summed E-state index contributed by atoms with van der Waals surface area (Å²) in [4.78, 5) is 24.2. The number of ether oxygens (including phenoxy) is 1. The highest BCUT2D eigenvalue weighted by molar-refractivity contribution is 6.31. The fourth-order valence-corrected chi connectivity index (χ4v) is 6.47. The maximum Gasteiger partial charge on any atom is 0.254 e. The molecule has 0 spiro atoms. The Kier molecular flexibility index (Phi) is 9.02. The van der Waals surface area contributed by atoms with E-state index < -0.39 is 6.23 Å². The van der Waals surface area contributed by atoms with E-state index in [2.05, 4.69) is 53.0 Å². The summed E-state index contributed by atoms with van der Waals surface area (Å²) in [5, 5.41) is 15.2. The number of pyridine rings is 1. The lowest BCUT2D eigenvalue weighted by Gasteiger charge is -2.40. The summed E-state index contributed by atoms with van der Waals surface area (Å²) in [5.41, 5.74) is 3.84. The number of nitrogens with one attached hydrogen (secondary N) is 1. The molecule has 1 aromatic carbocycles. The molecule has 0 saturated carbocycles. The number of hydrogen-bond donors (Lipinski definition) is 2. The van der Waals surface area contributed by atoms with Gasteiger partial charge in [-0.1, -0.05) is 30.7 Å². The Labute approximate surface area is 243 Å². The van der Waals surface area contributed by atoms with E-state index in [9.17, 15) is 9.90 Å². The number of aromatic nitrogens is 1. The molecule has 218 valence electrons. The van der Waals surface area contributed by atoms with Gasteiger partial charge in [0.05, 0.1) is 0 Å². The Morgan fingerprint density at radius 2 is 1.95 bits per heavy atom.